The number of carbonyl (C=O) groups is 1. The summed E-state index contributed by atoms with van der Waals surface area (Å²) in [5.41, 5.74) is 7.63. The van der Waals surface area contributed by atoms with Gasteiger partial charge in [-0.3, -0.25) is 4.98 Å². The fourth-order valence-electron chi connectivity index (χ4n) is 6.99. The smallest absolute Gasteiger partial charge is 0.339 e. The molecule has 2 aromatic carbocycles. The first-order valence-electron chi connectivity index (χ1n) is 15.0. The van der Waals surface area contributed by atoms with E-state index in [1.54, 1.807) is 12.3 Å². The van der Waals surface area contributed by atoms with E-state index in [1.165, 1.54) is 62.3 Å². The number of anilines is 2. The first kappa shape index (κ1) is 26.5. The Morgan fingerprint density at radius 1 is 0.905 bits per heavy atom. The number of nitriles is 1. The predicted octanol–water partition coefficient (Wildman–Crippen LogP) is 6.72. The van der Waals surface area contributed by atoms with Crippen LogP contribution in [0, 0.1) is 16.7 Å². The average Bonchev–Trinajstić information content (AvgIpc) is 3.90. The van der Waals surface area contributed by atoms with E-state index in [2.05, 4.69) is 45.2 Å². The van der Waals surface area contributed by atoms with E-state index in [0.29, 0.717) is 22.5 Å². The molecule has 2 saturated heterocycles. The summed E-state index contributed by atoms with van der Waals surface area (Å²) in [6.45, 7) is 4.11. The quantitative estimate of drug-likeness (QED) is 0.252. The number of benzene rings is 2. The van der Waals surface area contributed by atoms with Crippen LogP contribution in [0.5, 0.6) is 0 Å². The van der Waals surface area contributed by atoms with Crippen LogP contribution in [-0.4, -0.2) is 49.2 Å². The Balaban J connectivity index is 1.07. The number of hydrogen-bond donors (Lipinski definition) is 0. The zero-order valence-electron chi connectivity index (χ0n) is 24.1. The van der Waals surface area contributed by atoms with Crippen molar-refractivity contribution in [3.05, 3.63) is 83.7 Å². The van der Waals surface area contributed by atoms with Crippen LogP contribution in [0.3, 0.4) is 0 Å². The third-order valence-corrected chi connectivity index (χ3v) is 9.71. The molecule has 3 aliphatic rings. The van der Waals surface area contributed by atoms with Crippen LogP contribution < -0.4 is 9.80 Å². The Morgan fingerprint density at radius 3 is 2.24 bits per heavy atom. The molecule has 7 nitrogen and oxygen atoms in total. The van der Waals surface area contributed by atoms with Crippen molar-refractivity contribution in [3.8, 4) is 17.2 Å². The van der Waals surface area contributed by atoms with Crippen molar-refractivity contribution in [3.63, 3.8) is 0 Å². The lowest BCUT2D eigenvalue weighted by Gasteiger charge is -2.48. The molecular weight excluding hydrogens is 522 g/mol. The van der Waals surface area contributed by atoms with Crippen LogP contribution in [0.25, 0.3) is 22.0 Å². The number of methoxy groups -OCH3 is 1. The molecule has 0 radical (unpaired) electrons. The topological polar surface area (TPSA) is 82.4 Å². The van der Waals surface area contributed by atoms with Gasteiger partial charge < -0.3 is 14.5 Å². The van der Waals surface area contributed by atoms with Gasteiger partial charge in [0, 0.05) is 43.3 Å². The lowest BCUT2D eigenvalue weighted by atomic mass is 9.71. The van der Waals surface area contributed by atoms with Crippen molar-refractivity contribution in [1.82, 2.24) is 9.97 Å². The van der Waals surface area contributed by atoms with Crippen LogP contribution >= 0.6 is 0 Å². The maximum Gasteiger partial charge on any atom is 0.339 e. The Labute approximate surface area is 246 Å². The number of nitrogens with zero attached hydrogens (tertiary/aromatic N) is 5. The number of pyridine rings is 2. The van der Waals surface area contributed by atoms with Crippen molar-refractivity contribution < 1.29 is 9.53 Å². The third-order valence-electron chi connectivity index (χ3n) is 9.71. The third kappa shape index (κ3) is 4.85. The molecule has 1 spiro atoms. The number of fused-ring (bicyclic) bond motifs is 1. The van der Waals surface area contributed by atoms with Crippen molar-refractivity contribution in [2.75, 3.05) is 43.1 Å². The number of esters is 1. The van der Waals surface area contributed by atoms with Gasteiger partial charge in [0.1, 0.15) is 5.82 Å². The molecule has 0 atom stereocenters. The lowest BCUT2D eigenvalue weighted by Crippen LogP contribution is -2.47. The molecule has 1 saturated carbocycles. The van der Waals surface area contributed by atoms with Gasteiger partial charge in [0.05, 0.1) is 41.7 Å². The summed E-state index contributed by atoms with van der Waals surface area (Å²) in [6.07, 6.45) is 11.0. The maximum absolute atomic E-state index is 11.8. The molecular formula is C35H35N5O2. The van der Waals surface area contributed by atoms with Crippen LogP contribution in [-0.2, 0) is 4.74 Å². The highest BCUT2D eigenvalue weighted by Crippen LogP contribution is 2.50. The molecule has 4 heterocycles. The Kier molecular flexibility index (Phi) is 6.78. The minimum Gasteiger partial charge on any atom is -0.465 e. The highest BCUT2D eigenvalue weighted by Gasteiger charge is 2.39. The van der Waals surface area contributed by atoms with Gasteiger partial charge in [-0.1, -0.05) is 30.3 Å². The molecule has 0 amide bonds. The van der Waals surface area contributed by atoms with E-state index in [-0.39, 0.29) is 5.97 Å². The van der Waals surface area contributed by atoms with Gasteiger partial charge in [-0.2, -0.15) is 5.26 Å². The molecule has 0 bridgehead atoms. The number of aromatic nitrogens is 2. The van der Waals surface area contributed by atoms with Gasteiger partial charge in [-0.25, -0.2) is 9.78 Å². The van der Waals surface area contributed by atoms with Crippen LogP contribution in [0.2, 0.25) is 0 Å². The van der Waals surface area contributed by atoms with Crippen LogP contribution in [0.15, 0.2) is 67.0 Å². The molecule has 2 aliphatic heterocycles. The van der Waals surface area contributed by atoms with Crippen molar-refractivity contribution in [1.29, 1.82) is 5.26 Å². The fourth-order valence-corrected chi connectivity index (χ4v) is 6.99. The molecule has 4 aromatic rings. The monoisotopic (exact) mass is 557 g/mol. The van der Waals surface area contributed by atoms with Gasteiger partial charge in [0.25, 0.3) is 0 Å². The summed E-state index contributed by atoms with van der Waals surface area (Å²) in [4.78, 5) is 26.3. The average molecular weight is 558 g/mol. The minimum absolute atomic E-state index is 0.350. The van der Waals surface area contributed by atoms with Crippen molar-refractivity contribution >= 4 is 28.4 Å². The van der Waals surface area contributed by atoms with E-state index in [4.69, 9.17) is 9.72 Å². The van der Waals surface area contributed by atoms with Gasteiger partial charge >= 0.3 is 5.97 Å². The molecule has 212 valence electrons. The van der Waals surface area contributed by atoms with Gasteiger partial charge in [0.2, 0.25) is 0 Å². The first-order valence-corrected chi connectivity index (χ1v) is 15.0. The normalized spacial score (nSPS) is 18.2. The van der Waals surface area contributed by atoms with Crippen molar-refractivity contribution in [2.45, 2.75) is 44.4 Å². The summed E-state index contributed by atoms with van der Waals surface area (Å²) < 4.78 is 4.80. The summed E-state index contributed by atoms with van der Waals surface area (Å²) in [6, 6.07) is 20.3. The SMILES string of the molecule is COC(=O)c1ccc(N2CCC3(CC2)CCN(c2cnc4c(-c5ccc(C#N)cc5)cccc4c2C2CC2)CC3)nc1. The van der Waals surface area contributed by atoms with E-state index < -0.39 is 0 Å². The molecule has 7 heteroatoms. The molecule has 42 heavy (non-hydrogen) atoms. The summed E-state index contributed by atoms with van der Waals surface area (Å²) in [5, 5.41) is 10.5. The van der Waals surface area contributed by atoms with Crippen molar-refractivity contribution in [2.24, 2.45) is 5.41 Å². The zero-order chi connectivity index (χ0) is 28.7. The van der Waals surface area contributed by atoms with Gasteiger partial charge in [-0.15, -0.1) is 0 Å². The van der Waals surface area contributed by atoms with Crippen LogP contribution in [0.4, 0.5) is 11.5 Å². The van der Waals surface area contributed by atoms with E-state index in [9.17, 15) is 10.1 Å². The highest BCUT2D eigenvalue weighted by molar-refractivity contribution is 5.98. The largest absolute Gasteiger partial charge is 0.465 e. The number of hydrogen-bond acceptors (Lipinski definition) is 7. The Hall–Kier alpha value is -4.44. The zero-order valence-corrected chi connectivity index (χ0v) is 24.1. The first-order chi connectivity index (χ1) is 20.6. The fraction of sp³-hybridized carbons (Fsp3) is 0.371. The second-order valence-corrected chi connectivity index (χ2v) is 12.1. The summed E-state index contributed by atoms with van der Waals surface area (Å²) in [7, 11) is 1.39. The number of ether oxygens (including phenoxy) is 1. The van der Waals surface area contributed by atoms with E-state index in [1.807, 2.05) is 30.3 Å². The van der Waals surface area contributed by atoms with Crippen LogP contribution in [0.1, 0.15) is 65.9 Å². The molecule has 3 fully saturated rings. The summed E-state index contributed by atoms with van der Waals surface area (Å²) >= 11 is 0. The standard InChI is InChI=1S/C35H35N5O2/c1-42-34(41)27-11-12-31(37-22-27)40-19-15-35(16-20-40)13-17-39(18-14-35)30-23-38-33-28(25-7-5-24(21-36)6-8-25)3-2-4-29(33)32(30)26-9-10-26/h2-8,11-12,22-23,26H,9-10,13-20H2,1H3. The summed E-state index contributed by atoms with van der Waals surface area (Å²) in [5.74, 6) is 1.20. The van der Waals surface area contributed by atoms with E-state index >= 15 is 0 Å². The van der Waals surface area contributed by atoms with Gasteiger partial charge in [0.15, 0.2) is 0 Å². The maximum atomic E-state index is 11.8. The Morgan fingerprint density at radius 2 is 1.62 bits per heavy atom. The molecule has 7 rings (SSSR count). The molecule has 2 aromatic heterocycles. The molecule has 0 unspecified atom stereocenters. The lowest BCUT2D eigenvalue weighted by molar-refractivity contribution is 0.0600. The molecule has 0 N–H and O–H groups in total. The molecule has 1 aliphatic carbocycles. The van der Waals surface area contributed by atoms with Gasteiger partial charge in [-0.05, 0) is 85.3 Å². The highest BCUT2D eigenvalue weighted by atomic mass is 16.5. The Bertz CT molecular complexity index is 1650. The number of carbonyl (C=O) groups excluding carboxylic acids is 1. The number of piperidine rings is 2. The minimum atomic E-state index is -0.350. The number of para-hydroxylation sites is 1. The predicted molar refractivity (Wildman–Crippen MR) is 165 cm³/mol. The van der Waals surface area contributed by atoms with E-state index in [0.717, 1.165) is 48.6 Å². The number of rotatable bonds is 5. The second kappa shape index (κ2) is 10.8. The second-order valence-electron chi connectivity index (χ2n) is 12.1.